The van der Waals surface area contributed by atoms with Gasteiger partial charge in [0.1, 0.15) is 0 Å². The quantitative estimate of drug-likeness (QED) is 0.774. The summed E-state index contributed by atoms with van der Waals surface area (Å²) in [6.07, 6.45) is 2.50. The van der Waals surface area contributed by atoms with E-state index in [2.05, 4.69) is 35.7 Å². The largest absolute Gasteiger partial charge is 0.398 e. The van der Waals surface area contributed by atoms with Gasteiger partial charge in [-0.15, -0.1) is 0 Å². The first-order chi connectivity index (χ1) is 8.24. The van der Waals surface area contributed by atoms with Crippen LogP contribution in [0.1, 0.15) is 24.5 Å². The van der Waals surface area contributed by atoms with Crippen molar-refractivity contribution < 1.29 is 0 Å². The van der Waals surface area contributed by atoms with Gasteiger partial charge in [0.15, 0.2) is 0 Å². The molecule has 0 aliphatic carbocycles. The van der Waals surface area contributed by atoms with Crippen LogP contribution in [0.15, 0.2) is 18.2 Å². The number of hydrogen-bond donors (Lipinski definition) is 1. The highest BCUT2D eigenvalue weighted by Crippen LogP contribution is 2.33. The van der Waals surface area contributed by atoms with Gasteiger partial charge in [0.05, 0.1) is 0 Å². The zero-order chi connectivity index (χ0) is 11.8. The van der Waals surface area contributed by atoms with Gasteiger partial charge in [0.25, 0.3) is 0 Å². The van der Waals surface area contributed by atoms with Crippen LogP contribution in [0.5, 0.6) is 0 Å². The lowest BCUT2D eigenvalue weighted by Crippen LogP contribution is -2.39. The van der Waals surface area contributed by atoms with Gasteiger partial charge >= 0.3 is 0 Å². The van der Waals surface area contributed by atoms with E-state index in [1.807, 2.05) is 6.07 Å². The van der Waals surface area contributed by atoms with Gasteiger partial charge in [0, 0.05) is 35.8 Å². The molecule has 1 saturated heterocycles. The topological polar surface area (TPSA) is 29.3 Å². The molecule has 2 aliphatic rings. The van der Waals surface area contributed by atoms with Gasteiger partial charge in [-0.3, -0.25) is 4.90 Å². The first kappa shape index (κ1) is 11.4. The van der Waals surface area contributed by atoms with Crippen LogP contribution in [0.25, 0.3) is 0 Å². The summed E-state index contributed by atoms with van der Waals surface area (Å²) in [5.41, 5.74) is 9.91. The predicted octanol–water partition coefficient (Wildman–Crippen LogP) is 2.52. The molecule has 92 valence electrons. The molecule has 2 aliphatic heterocycles. The molecule has 2 atom stereocenters. The first-order valence-electron chi connectivity index (χ1n) is 6.46. The van der Waals surface area contributed by atoms with Crippen molar-refractivity contribution in [2.45, 2.75) is 37.6 Å². The minimum atomic E-state index is 0.766. The smallest absolute Gasteiger partial charge is 0.0362 e. The van der Waals surface area contributed by atoms with Crippen molar-refractivity contribution in [2.24, 2.45) is 0 Å². The molecular weight excluding hydrogens is 228 g/mol. The van der Waals surface area contributed by atoms with Crippen molar-refractivity contribution in [3.63, 3.8) is 0 Å². The molecule has 0 spiro atoms. The first-order valence-corrected chi connectivity index (χ1v) is 7.51. The fourth-order valence-corrected chi connectivity index (χ4v) is 4.24. The lowest BCUT2D eigenvalue weighted by molar-refractivity contribution is 0.191. The van der Waals surface area contributed by atoms with Crippen molar-refractivity contribution in [2.75, 3.05) is 18.0 Å². The van der Waals surface area contributed by atoms with Crippen molar-refractivity contribution in [1.29, 1.82) is 0 Å². The second kappa shape index (κ2) is 4.54. The lowest BCUT2D eigenvalue weighted by Gasteiger charge is -2.34. The van der Waals surface area contributed by atoms with Crippen LogP contribution in [0.3, 0.4) is 0 Å². The number of rotatable bonds is 1. The molecule has 0 amide bonds. The predicted molar refractivity (Wildman–Crippen MR) is 75.3 cm³/mol. The Morgan fingerprint density at radius 3 is 3.06 bits per heavy atom. The van der Waals surface area contributed by atoms with Crippen molar-refractivity contribution >= 4 is 17.4 Å². The summed E-state index contributed by atoms with van der Waals surface area (Å²) in [6, 6.07) is 7.11. The summed E-state index contributed by atoms with van der Waals surface area (Å²) in [5.74, 6) is 1.29. The molecule has 0 aromatic heterocycles. The molecule has 0 bridgehead atoms. The number of anilines is 1. The van der Waals surface area contributed by atoms with E-state index in [1.54, 1.807) is 0 Å². The summed E-state index contributed by atoms with van der Waals surface area (Å²) in [6.45, 7) is 4.60. The number of nitrogen functional groups attached to an aromatic ring is 1. The average Bonchev–Trinajstić information content (AvgIpc) is 2.76. The second-order valence-corrected chi connectivity index (χ2v) is 6.71. The van der Waals surface area contributed by atoms with E-state index in [4.69, 9.17) is 5.73 Å². The Bertz CT molecular complexity index is 419. The highest BCUT2D eigenvalue weighted by atomic mass is 32.2. The molecule has 0 radical (unpaired) electrons. The highest BCUT2D eigenvalue weighted by Gasteiger charge is 2.29. The molecule has 3 rings (SSSR count). The van der Waals surface area contributed by atoms with E-state index in [9.17, 15) is 0 Å². The number of nitrogens with zero attached hydrogens (tertiary/aromatic N) is 1. The molecule has 2 heterocycles. The van der Waals surface area contributed by atoms with Crippen LogP contribution in [-0.4, -0.2) is 28.5 Å². The van der Waals surface area contributed by atoms with E-state index in [1.165, 1.54) is 29.8 Å². The zero-order valence-electron chi connectivity index (χ0n) is 10.4. The summed E-state index contributed by atoms with van der Waals surface area (Å²) in [4.78, 5) is 2.63. The van der Waals surface area contributed by atoms with Crippen molar-refractivity contribution in [3.05, 3.63) is 29.3 Å². The van der Waals surface area contributed by atoms with Crippen LogP contribution in [0, 0.1) is 0 Å². The SMILES string of the molecule is CC1CC(N2CCc3cccc(N)c3C2)CS1. The fourth-order valence-electron chi connectivity index (χ4n) is 2.99. The van der Waals surface area contributed by atoms with Crippen LogP contribution >= 0.6 is 11.8 Å². The fraction of sp³-hybridized carbons (Fsp3) is 0.571. The summed E-state index contributed by atoms with van der Waals surface area (Å²) in [7, 11) is 0. The maximum Gasteiger partial charge on any atom is 0.0362 e. The minimum Gasteiger partial charge on any atom is -0.398 e. The zero-order valence-corrected chi connectivity index (χ0v) is 11.2. The Balaban J connectivity index is 1.78. The van der Waals surface area contributed by atoms with E-state index in [0.717, 1.165) is 29.9 Å². The molecule has 17 heavy (non-hydrogen) atoms. The van der Waals surface area contributed by atoms with Crippen molar-refractivity contribution in [3.8, 4) is 0 Å². The normalized spacial score (nSPS) is 29.2. The lowest BCUT2D eigenvalue weighted by atomic mass is 9.96. The Kier molecular flexibility index (Phi) is 3.05. The van der Waals surface area contributed by atoms with Gasteiger partial charge in [-0.1, -0.05) is 19.1 Å². The maximum absolute atomic E-state index is 6.10. The molecule has 1 aromatic carbocycles. The molecule has 2 unspecified atom stereocenters. The number of nitrogens with two attached hydrogens (primary N) is 1. The number of benzene rings is 1. The summed E-state index contributed by atoms with van der Waals surface area (Å²) >= 11 is 2.11. The molecular formula is C14H20N2S. The molecule has 0 saturated carbocycles. The van der Waals surface area contributed by atoms with E-state index < -0.39 is 0 Å². The van der Waals surface area contributed by atoms with Crippen LogP contribution in [-0.2, 0) is 13.0 Å². The van der Waals surface area contributed by atoms with Crippen LogP contribution in [0.4, 0.5) is 5.69 Å². The van der Waals surface area contributed by atoms with Gasteiger partial charge < -0.3 is 5.73 Å². The van der Waals surface area contributed by atoms with Crippen molar-refractivity contribution in [1.82, 2.24) is 4.90 Å². The van der Waals surface area contributed by atoms with Gasteiger partial charge in [-0.05, 0) is 30.0 Å². The Morgan fingerprint density at radius 1 is 1.41 bits per heavy atom. The number of fused-ring (bicyclic) bond motifs is 1. The molecule has 2 N–H and O–H groups in total. The van der Waals surface area contributed by atoms with E-state index in [-0.39, 0.29) is 0 Å². The monoisotopic (exact) mass is 248 g/mol. The Hall–Kier alpha value is -0.670. The van der Waals surface area contributed by atoms with Crippen LogP contribution in [0.2, 0.25) is 0 Å². The molecule has 2 nitrogen and oxygen atoms in total. The summed E-state index contributed by atoms with van der Waals surface area (Å²) < 4.78 is 0. The second-order valence-electron chi connectivity index (χ2n) is 5.24. The van der Waals surface area contributed by atoms with E-state index >= 15 is 0 Å². The maximum atomic E-state index is 6.10. The molecule has 3 heteroatoms. The van der Waals surface area contributed by atoms with E-state index in [0.29, 0.717) is 0 Å². The highest BCUT2D eigenvalue weighted by molar-refractivity contribution is 8.00. The van der Waals surface area contributed by atoms with Gasteiger partial charge in [-0.25, -0.2) is 0 Å². The molecule has 1 aromatic rings. The summed E-state index contributed by atoms with van der Waals surface area (Å²) in [5, 5.41) is 0.828. The third-order valence-corrected chi connectivity index (χ3v) is 5.37. The minimum absolute atomic E-state index is 0.766. The molecule has 1 fully saturated rings. The Morgan fingerprint density at radius 2 is 2.29 bits per heavy atom. The van der Waals surface area contributed by atoms with Crippen LogP contribution < -0.4 is 5.73 Å². The number of hydrogen-bond acceptors (Lipinski definition) is 3. The Labute approximate surface area is 108 Å². The third kappa shape index (κ3) is 2.18. The third-order valence-electron chi connectivity index (χ3n) is 4.03. The standard InChI is InChI=1S/C14H20N2S/c1-10-7-12(9-17-10)16-6-5-11-3-2-4-14(15)13(11)8-16/h2-4,10,12H,5-9,15H2,1H3. The average molecular weight is 248 g/mol. The van der Waals surface area contributed by atoms with Gasteiger partial charge in [0.2, 0.25) is 0 Å². The number of thioether (sulfide) groups is 1. The van der Waals surface area contributed by atoms with Gasteiger partial charge in [-0.2, -0.15) is 11.8 Å².